The number of hydrogen-bond acceptors (Lipinski definition) is 2. The largest absolute Gasteiger partial charge is 0.508 e. The molecule has 0 amide bonds. The van der Waals surface area contributed by atoms with Crippen LogP contribution in [0.2, 0.25) is 0 Å². The lowest BCUT2D eigenvalue weighted by atomic mass is 9.79. The number of hydrogen-bond donors (Lipinski definition) is 2. The van der Waals surface area contributed by atoms with Crippen molar-refractivity contribution >= 4 is 0 Å². The molecule has 6 rings (SSSR count). The zero-order valence-electron chi connectivity index (χ0n) is 20.8. The Bertz CT molecular complexity index is 1670. The third-order valence-electron chi connectivity index (χ3n) is 6.87. The quantitative estimate of drug-likeness (QED) is 0.253. The molecule has 2 N–H and O–H groups in total. The predicted molar refractivity (Wildman–Crippen MR) is 157 cm³/mol. The standard InChI is InChI=1S/C36H26O2/c37-30-20-16-26(17-21-30)33-24-32(25-10-4-1-5-11-25)35(29-18-22-31(38)23-19-29)36(28-14-8-3-9-15-28)34(33)27-12-6-2-7-13-27/h1-24,37-38H. The van der Waals surface area contributed by atoms with Crippen LogP contribution in [0.1, 0.15) is 0 Å². The Morgan fingerprint density at radius 1 is 0.289 bits per heavy atom. The van der Waals surface area contributed by atoms with Crippen LogP contribution in [-0.2, 0) is 0 Å². The smallest absolute Gasteiger partial charge is 0.115 e. The van der Waals surface area contributed by atoms with Crippen LogP contribution >= 0.6 is 0 Å². The SMILES string of the molecule is Oc1ccc(-c2cc(-c3ccccc3)c(-c3ccc(O)cc3)c(-c3ccccc3)c2-c2ccccc2)cc1. The second kappa shape index (κ2) is 10.1. The van der Waals surface area contributed by atoms with Gasteiger partial charge in [-0.05, 0) is 86.0 Å². The minimum absolute atomic E-state index is 0.236. The maximum absolute atomic E-state index is 10.1. The number of phenols is 2. The fourth-order valence-electron chi connectivity index (χ4n) is 5.12. The first-order valence-corrected chi connectivity index (χ1v) is 12.6. The highest BCUT2D eigenvalue weighted by Gasteiger charge is 2.23. The highest BCUT2D eigenvalue weighted by atomic mass is 16.3. The lowest BCUT2D eigenvalue weighted by Crippen LogP contribution is -1.98. The summed E-state index contributed by atoms with van der Waals surface area (Å²) in [5.74, 6) is 0.475. The molecule has 0 saturated carbocycles. The molecule has 2 heteroatoms. The molecule has 6 aromatic rings. The van der Waals surface area contributed by atoms with Crippen LogP contribution in [-0.4, -0.2) is 10.2 Å². The minimum Gasteiger partial charge on any atom is -0.508 e. The fourth-order valence-corrected chi connectivity index (χ4v) is 5.12. The Kier molecular flexibility index (Phi) is 6.21. The van der Waals surface area contributed by atoms with Gasteiger partial charge in [-0.1, -0.05) is 115 Å². The van der Waals surface area contributed by atoms with Gasteiger partial charge in [0.05, 0.1) is 0 Å². The van der Waals surface area contributed by atoms with E-state index in [1.165, 1.54) is 0 Å². The summed E-state index contributed by atoms with van der Waals surface area (Å²) in [7, 11) is 0. The van der Waals surface area contributed by atoms with Crippen LogP contribution in [0.25, 0.3) is 55.6 Å². The third kappa shape index (κ3) is 4.44. The molecule has 6 aromatic carbocycles. The summed E-state index contributed by atoms with van der Waals surface area (Å²) in [6.07, 6.45) is 0. The molecule has 0 saturated heterocycles. The Hall–Kier alpha value is -5.08. The average Bonchev–Trinajstić information content (AvgIpc) is 2.98. The predicted octanol–water partition coefficient (Wildman–Crippen LogP) is 9.43. The van der Waals surface area contributed by atoms with E-state index < -0.39 is 0 Å². The van der Waals surface area contributed by atoms with Gasteiger partial charge >= 0.3 is 0 Å². The minimum atomic E-state index is 0.236. The fraction of sp³-hybridized carbons (Fsp3) is 0. The molecule has 0 aliphatic heterocycles. The molecular formula is C36H26O2. The molecule has 0 atom stereocenters. The topological polar surface area (TPSA) is 40.5 Å². The molecule has 0 bridgehead atoms. The zero-order valence-corrected chi connectivity index (χ0v) is 20.8. The third-order valence-corrected chi connectivity index (χ3v) is 6.87. The van der Waals surface area contributed by atoms with Gasteiger partial charge in [0.25, 0.3) is 0 Å². The van der Waals surface area contributed by atoms with Gasteiger partial charge in [0.2, 0.25) is 0 Å². The second-order valence-electron chi connectivity index (χ2n) is 9.29. The molecule has 0 fully saturated rings. The van der Waals surface area contributed by atoms with Gasteiger partial charge in [0.15, 0.2) is 0 Å². The molecule has 0 aliphatic rings. The van der Waals surface area contributed by atoms with Gasteiger partial charge in [-0.3, -0.25) is 0 Å². The molecule has 0 unspecified atom stereocenters. The van der Waals surface area contributed by atoms with Crippen LogP contribution < -0.4 is 0 Å². The number of rotatable bonds is 5. The van der Waals surface area contributed by atoms with Gasteiger partial charge in [-0.15, -0.1) is 0 Å². The molecule has 0 radical (unpaired) electrons. The summed E-state index contributed by atoms with van der Waals surface area (Å²) in [4.78, 5) is 0. The van der Waals surface area contributed by atoms with Gasteiger partial charge in [-0.25, -0.2) is 0 Å². The average molecular weight is 491 g/mol. The number of phenolic OH excluding ortho intramolecular Hbond substituents is 2. The van der Waals surface area contributed by atoms with Gasteiger partial charge < -0.3 is 10.2 Å². The van der Waals surface area contributed by atoms with E-state index in [1.54, 1.807) is 24.3 Å². The first-order valence-electron chi connectivity index (χ1n) is 12.6. The van der Waals surface area contributed by atoms with E-state index in [0.29, 0.717) is 0 Å². The maximum atomic E-state index is 10.1. The van der Waals surface area contributed by atoms with E-state index in [-0.39, 0.29) is 11.5 Å². The van der Waals surface area contributed by atoms with E-state index in [1.807, 2.05) is 42.5 Å². The van der Waals surface area contributed by atoms with Gasteiger partial charge in [0.1, 0.15) is 11.5 Å². The maximum Gasteiger partial charge on any atom is 0.115 e. The van der Waals surface area contributed by atoms with Crippen molar-refractivity contribution in [3.05, 3.63) is 146 Å². The summed E-state index contributed by atoms with van der Waals surface area (Å²) in [6.45, 7) is 0. The van der Waals surface area contributed by atoms with Crippen LogP contribution in [0.15, 0.2) is 146 Å². The van der Waals surface area contributed by atoms with Gasteiger partial charge in [0, 0.05) is 0 Å². The number of aromatic hydroxyl groups is 2. The molecular weight excluding hydrogens is 464 g/mol. The summed E-state index contributed by atoms with van der Waals surface area (Å²) in [6, 6.07) is 48.5. The summed E-state index contributed by atoms with van der Waals surface area (Å²) >= 11 is 0. The highest BCUT2D eigenvalue weighted by molar-refractivity contribution is 6.07. The van der Waals surface area contributed by atoms with Crippen LogP contribution in [0.4, 0.5) is 0 Å². The van der Waals surface area contributed by atoms with Crippen molar-refractivity contribution in [3.63, 3.8) is 0 Å². The molecule has 0 heterocycles. The molecule has 2 nitrogen and oxygen atoms in total. The molecule has 38 heavy (non-hydrogen) atoms. The Morgan fingerprint density at radius 3 is 1.05 bits per heavy atom. The van der Waals surface area contributed by atoms with Crippen LogP contribution in [0, 0.1) is 0 Å². The van der Waals surface area contributed by atoms with Crippen molar-refractivity contribution in [1.29, 1.82) is 0 Å². The van der Waals surface area contributed by atoms with Crippen molar-refractivity contribution in [1.82, 2.24) is 0 Å². The van der Waals surface area contributed by atoms with Crippen LogP contribution in [0.3, 0.4) is 0 Å². The lowest BCUT2D eigenvalue weighted by Gasteiger charge is -2.24. The van der Waals surface area contributed by atoms with Gasteiger partial charge in [-0.2, -0.15) is 0 Å². The second-order valence-corrected chi connectivity index (χ2v) is 9.29. The van der Waals surface area contributed by atoms with E-state index in [2.05, 4.69) is 78.9 Å². The van der Waals surface area contributed by atoms with Crippen molar-refractivity contribution in [3.8, 4) is 67.1 Å². The molecule has 0 aromatic heterocycles. The Balaban J connectivity index is 1.83. The Morgan fingerprint density at radius 2 is 0.605 bits per heavy atom. The van der Waals surface area contributed by atoms with E-state index in [9.17, 15) is 10.2 Å². The van der Waals surface area contributed by atoms with E-state index in [0.717, 1.165) is 55.6 Å². The summed E-state index contributed by atoms with van der Waals surface area (Å²) in [5, 5.41) is 20.2. The Labute approximate surface area is 222 Å². The van der Waals surface area contributed by atoms with E-state index in [4.69, 9.17) is 0 Å². The summed E-state index contributed by atoms with van der Waals surface area (Å²) < 4.78 is 0. The van der Waals surface area contributed by atoms with Crippen molar-refractivity contribution in [2.24, 2.45) is 0 Å². The van der Waals surface area contributed by atoms with Crippen LogP contribution in [0.5, 0.6) is 11.5 Å². The first kappa shape index (κ1) is 23.3. The highest BCUT2D eigenvalue weighted by Crippen LogP contribution is 2.50. The van der Waals surface area contributed by atoms with Crippen molar-refractivity contribution in [2.45, 2.75) is 0 Å². The molecule has 0 aliphatic carbocycles. The number of benzene rings is 6. The normalized spacial score (nSPS) is 10.8. The molecule has 0 spiro atoms. The first-order chi connectivity index (χ1) is 18.7. The lowest BCUT2D eigenvalue weighted by molar-refractivity contribution is 0.475. The summed E-state index contributed by atoms with van der Waals surface area (Å²) in [5.41, 5.74) is 10.9. The van der Waals surface area contributed by atoms with E-state index >= 15 is 0 Å². The molecule has 182 valence electrons. The van der Waals surface area contributed by atoms with Crippen molar-refractivity contribution < 1.29 is 10.2 Å². The van der Waals surface area contributed by atoms with Crippen molar-refractivity contribution in [2.75, 3.05) is 0 Å². The zero-order chi connectivity index (χ0) is 25.9. The monoisotopic (exact) mass is 490 g/mol.